The highest BCUT2D eigenvalue weighted by atomic mass is 32.2. The number of methoxy groups -OCH3 is 1. The van der Waals surface area contributed by atoms with Gasteiger partial charge in [0.1, 0.15) is 0 Å². The number of aromatic nitrogens is 1. The van der Waals surface area contributed by atoms with Gasteiger partial charge < -0.3 is 4.74 Å². The predicted molar refractivity (Wildman–Crippen MR) is 77.9 cm³/mol. The molecular formula is C12H9F3N2O4S2. The molecule has 11 heteroatoms. The lowest BCUT2D eigenvalue weighted by atomic mass is 10.3. The second kappa shape index (κ2) is 5.89. The summed E-state index contributed by atoms with van der Waals surface area (Å²) in [6.07, 6.45) is -3.99. The van der Waals surface area contributed by atoms with Crippen molar-refractivity contribution in [2.75, 3.05) is 13.4 Å². The average molecular weight is 366 g/mol. The second-order valence-electron chi connectivity index (χ2n) is 4.35. The van der Waals surface area contributed by atoms with Gasteiger partial charge in [0.15, 0.2) is 9.84 Å². The lowest BCUT2D eigenvalue weighted by Gasteiger charge is -2.06. The first-order chi connectivity index (χ1) is 10.5. The van der Waals surface area contributed by atoms with Crippen molar-refractivity contribution in [2.24, 2.45) is 4.99 Å². The van der Waals surface area contributed by atoms with Crippen molar-refractivity contribution in [3.8, 4) is 0 Å². The summed E-state index contributed by atoms with van der Waals surface area (Å²) in [6.45, 7) is 0. The number of sulfone groups is 1. The Kier molecular flexibility index (Phi) is 4.44. The summed E-state index contributed by atoms with van der Waals surface area (Å²) < 4.78 is 65.7. The van der Waals surface area contributed by atoms with Crippen LogP contribution in [0.5, 0.6) is 0 Å². The number of fused-ring (bicyclic) bond motifs is 1. The molecule has 6 nitrogen and oxygen atoms in total. The Balaban J connectivity index is 2.55. The van der Waals surface area contributed by atoms with E-state index in [4.69, 9.17) is 0 Å². The van der Waals surface area contributed by atoms with Crippen LogP contribution in [-0.4, -0.2) is 44.6 Å². The minimum atomic E-state index is -5.00. The molecule has 0 atom stereocenters. The zero-order valence-electron chi connectivity index (χ0n) is 11.7. The van der Waals surface area contributed by atoms with Crippen molar-refractivity contribution < 1.29 is 31.1 Å². The summed E-state index contributed by atoms with van der Waals surface area (Å²) in [5.41, 5.74) is -1.46. The van der Waals surface area contributed by atoms with Crippen LogP contribution in [0.25, 0.3) is 10.2 Å². The molecule has 0 N–H and O–H groups in total. The highest BCUT2D eigenvalue weighted by molar-refractivity contribution is 7.90. The zero-order chi connectivity index (χ0) is 17.4. The minimum Gasteiger partial charge on any atom is -0.464 e. The maximum atomic E-state index is 12.8. The van der Waals surface area contributed by atoms with Gasteiger partial charge >= 0.3 is 12.1 Å². The number of rotatable bonds is 3. The van der Waals surface area contributed by atoms with Gasteiger partial charge in [-0.3, -0.25) is 0 Å². The van der Waals surface area contributed by atoms with Crippen LogP contribution in [0.1, 0.15) is 0 Å². The van der Waals surface area contributed by atoms with Crippen LogP contribution in [-0.2, 0) is 19.4 Å². The first-order valence-corrected chi connectivity index (χ1v) is 8.58. The molecule has 0 radical (unpaired) electrons. The first-order valence-electron chi connectivity index (χ1n) is 5.87. The number of hydrogen-bond donors (Lipinski definition) is 0. The predicted octanol–water partition coefficient (Wildman–Crippen LogP) is 2.51. The summed E-state index contributed by atoms with van der Waals surface area (Å²) in [7, 11) is -2.65. The van der Waals surface area contributed by atoms with Gasteiger partial charge in [0.2, 0.25) is 10.8 Å². The summed E-state index contributed by atoms with van der Waals surface area (Å²) >= 11 is 0.729. The normalized spacial score (nSPS) is 13.3. The van der Waals surface area contributed by atoms with Gasteiger partial charge in [-0.25, -0.2) is 23.2 Å². The average Bonchev–Trinajstić information content (AvgIpc) is 2.83. The van der Waals surface area contributed by atoms with E-state index >= 15 is 0 Å². The molecular weight excluding hydrogens is 357 g/mol. The number of nitrogens with zero attached hydrogens (tertiary/aromatic N) is 2. The standard InChI is InChI=1S/C12H9F3N2O4S2/c1-21-10(18)9(12(13,14)15)17-11-16-7-4-3-6(23(2,19)20)5-8(7)22-11/h3-5H,1-2H3/b17-9+. The Labute approximate surface area is 132 Å². The fourth-order valence-corrected chi connectivity index (χ4v) is 3.19. The number of aliphatic imine (C=N–C) groups is 1. The van der Waals surface area contributed by atoms with Crippen molar-refractivity contribution in [3.05, 3.63) is 18.2 Å². The molecule has 0 aliphatic heterocycles. The van der Waals surface area contributed by atoms with E-state index in [0.717, 1.165) is 24.7 Å². The first kappa shape index (κ1) is 17.3. The number of carbonyl (C=O) groups excluding carboxylic acids is 1. The van der Waals surface area contributed by atoms with Crippen LogP contribution in [0.15, 0.2) is 28.1 Å². The monoisotopic (exact) mass is 366 g/mol. The molecule has 0 fully saturated rings. The van der Waals surface area contributed by atoms with Crippen molar-refractivity contribution in [1.29, 1.82) is 0 Å². The number of alkyl halides is 3. The second-order valence-corrected chi connectivity index (χ2v) is 7.37. The quantitative estimate of drug-likeness (QED) is 0.615. The zero-order valence-corrected chi connectivity index (χ0v) is 13.3. The van der Waals surface area contributed by atoms with Gasteiger partial charge in [0, 0.05) is 6.26 Å². The van der Waals surface area contributed by atoms with E-state index in [1.807, 2.05) is 0 Å². The summed E-state index contributed by atoms with van der Waals surface area (Å²) in [5, 5.41) is -0.330. The van der Waals surface area contributed by atoms with Crippen molar-refractivity contribution in [3.63, 3.8) is 0 Å². The highest BCUT2D eigenvalue weighted by Gasteiger charge is 2.42. The number of hydrogen-bond acceptors (Lipinski definition) is 7. The molecule has 23 heavy (non-hydrogen) atoms. The molecule has 0 saturated heterocycles. The fourth-order valence-electron chi connectivity index (χ4n) is 1.59. The van der Waals surface area contributed by atoms with Crippen molar-refractivity contribution >= 4 is 48.2 Å². The van der Waals surface area contributed by atoms with E-state index in [2.05, 4.69) is 14.7 Å². The van der Waals surface area contributed by atoms with Gasteiger partial charge in [0.25, 0.3) is 0 Å². The molecule has 1 aromatic carbocycles. The third kappa shape index (κ3) is 3.85. The molecule has 0 amide bonds. The Morgan fingerprint density at radius 3 is 2.52 bits per heavy atom. The topological polar surface area (TPSA) is 85.7 Å². The number of thiazole rings is 1. The van der Waals surface area contributed by atoms with Gasteiger partial charge in [-0.2, -0.15) is 13.2 Å². The lowest BCUT2D eigenvalue weighted by molar-refractivity contribution is -0.137. The van der Waals surface area contributed by atoms with Gasteiger partial charge in [0.05, 0.1) is 22.2 Å². The van der Waals surface area contributed by atoms with Gasteiger partial charge in [-0.05, 0) is 18.2 Å². The van der Waals surface area contributed by atoms with E-state index < -0.39 is 27.7 Å². The Bertz CT molecular complexity index is 901. The van der Waals surface area contributed by atoms with Crippen LogP contribution in [0.2, 0.25) is 0 Å². The molecule has 1 heterocycles. The van der Waals surface area contributed by atoms with E-state index in [-0.39, 0.29) is 15.5 Å². The lowest BCUT2D eigenvalue weighted by Crippen LogP contribution is -2.31. The number of carbonyl (C=O) groups is 1. The Morgan fingerprint density at radius 2 is 2.00 bits per heavy atom. The van der Waals surface area contributed by atoms with Crippen LogP contribution in [0, 0.1) is 0 Å². The maximum Gasteiger partial charge on any atom is 0.440 e. The van der Waals surface area contributed by atoms with Gasteiger partial charge in [-0.15, -0.1) is 0 Å². The molecule has 0 aliphatic carbocycles. The number of esters is 1. The van der Waals surface area contributed by atoms with Crippen LogP contribution < -0.4 is 0 Å². The van der Waals surface area contributed by atoms with E-state index in [0.29, 0.717) is 4.70 Å². The van der Waals surface area contributed by atoms with E-state index in [9.17, 15) is 26.4 Å². The summed E-state index contributed by atoms with van der Waals surface area (Å²) in [5.74, 6) is -1.63. The van der Waals surface area contributed by atoms with E-state index in [1.54, 1.807) is 0 Å². The molecule has 0 saturated carbocycles. The number of benzene rings is 1. The summed E-state index contributed by atoms with van der Waals surface area (Å²) in [4.78, 5) is 18.2. The third-order valence-electron chi connectivity index (χ3n) is 2.63. The number of halogens is 3. The molecule has 0 aliphatic rings. The maximum absolute atomic E-state index is 12.8. The Morgan fingerprint density at radius 1 is 1.35 bits per heavy atom. The number of ether oxygens (including phenoxy) is 1. The molecule has 2 rings (SSSR count). The third-order valence-corrected chi connectivity index (χ3v) is 4.65. The molecule has 1 aromatic heterocycles. The molecule has 2 aromatic rings. The highest BCUT2D eigenvalue weighted by Crippen LogP contribution is 2.31. The van der Waals surface area contributed by atoms with E-state index in [1.165, 1.54) is 18.2 Å². The largest absolute Gasteiger partial charge is 0.464 e. The van der Waals surface area contributed by atoms with Crippen LogP contribution in [0.4, 0.5) is 18.3 Å². The van der Waals surface area contributed by atoms with Crippen molar-refractivity contribution in [2.45, 2.75) is 11.1 Å². The van der Waals surface area contributed by atoms with Crippen LogP contribution in [0.3, 0.4) is 0 Å². The van der Waals surface area contributed by atoms with Crippen molar-refractivity contribution in [1.82, 2.24) is 4.98 Å². The smallest absolute Gasteiger partial charge is 0.440 e. The molecule has 124 valence electrons. The Hall–Kier alpha value is -2.01. The van der Waals surface area contributed by atoms with Gasteiger partial charge in [-0.1, -0.05) is 11.3 Å². The van der Waals surface area contributed by atoms with Crippen LogP contribution >= 0.6 is 11.3 Å². The molecule has 0 spiro atoms. The molecule has 0 bridgehead atoms. The fraction of sp³-hybridized carbons (Fsp3) is 0.250. The minimum absolute atomic E-state index is 0.00759. The molecule has 0 unspecified atom stereocenters. The SMILES string of the molecule is COC(=O)/C(=N\c1nc2ccc(S(C)(=O)=O)cc2s1)C(F)(F)F. The summed E-state index contributed by atoms with van der Waals surface area (Å²) in [6, 6.07) is 3.93.